The minimum atomic E-state index is 0.0734. The number of epoxide rings is 1. The second kappa shape index (κ2) is 3.49. The molecule has 1 heterocycles. The van der Waals surface area contributed by atoms with Gasteiger partial charge in [-0.05, 0) is 19.8 Å². The summed E-state index contributed by atoms with van der Waals surface area (Å²) in [6, 6.07) is 0. The summed E-state index contributed by atoms with van der Waals surface area (Å²) in [4.78, 5) is 0. The van der Waals surface area contributed by atoms with Crippen molar-refractivity contribution in [3.8, 4) is 11.8 Å². The molecule has 0 aromatic carbocycles. The maximum Gasteiger partial charge on any atom is 0.102 e. The maximum absolute atomic E-state index is 5.31. The highest BCUT2D eigenvalue weighted by Crippen LogP contribution is 2.33. The van der Waals surface area contributed by atoms with Crippen molar-refractivity contribution in [2.45, 2.75) is 39.7 Å². The van der Waals surface area contributed by atoms with Gasteiger partial charge in [0, 0.05) is 12.3 Å². The van der Waals surface area contributed by atoms with E-state index in [1.165, 1.54) is 0 Å². The first-order valence-corrected chi connectivity index (χ1v) is 4.67. The molecule has 1 saturated heterocycles. The van der Waals surface area contributed by atoms with E-state index < -0.39 is 0 Å². The first kappa shape index (κ1) is 9.61. The fourth-order valence-corrected chi connectivity index (χ4v) is 0.933. The minimum absolute atomic E-state index is 0.0734. The molecule has 68 valence electrons. The second-order valence-corrected chi connectivity index (χ2v) is 4.24. The van der Waals surface area contributed by atoms with Crippen LogP contribution >= 0.6 is 0 Å². The Kier molecular flexibility index (Phi) is 2.80. The van der Waals surface area contributed by atoms with Crippen LogP contribution in [-0.2, 0) is 4.74 Å². The van der Waals surface area contributed by atoms with E-state index in [1.807, 2.05) is 0 Å². The van der Waals surface area contributed by atoms with Crippen molar-refractivity contribution < 1.29 is 4.74 Å². The van der Waals surface area contributed by atoms with E-state index in [-0.39, 0.29) is 5.60 Å². The predicted octanol–water partition coefficient (Wildman–Crippen LogP) is 2.46. The molecule has 1 rings (SSSR count). The lowest BCUT2D eigenvalue weighted by molar-refractivity contribution is 0.282. The van der Waals surface area contributed by atoms with E-state index in [2.05, 4.69) is 39.5 Å². The van der Waals surface area contributed by atoms with E-state index in [0.717, 1.165) is 13.0 Å². The van der Waals surface area contributed by atoms with Crippen LogP contribution in [0.5, 0.6) is 0 Å². The molecule has 12 heavy (non-hydrogen) atoms. The summed E-state index contributed by atoms with van der Waals surface area (Å²) in [5.41, 5.74) is 0.0734. The number of hydrogen-bond donors (Lipinski definition) is 0. The standard InChI is InChI=1S/C11H18O/c1-9(2)6-5-7-10(3)11(4)8-12-11/h9-10H,6,8H2,1-4H3/t10-,11?/m0/s1. The van der Waals surface area contributed by atoms with E-state index in [4.69, 9.17) is 4.74 Å². The van der Waals surface area contributed by atoms with Crippen molar-refractivity contribution in [3.63, 3.8) is 0 Å². The van der Waals surface area contributed by atoms with Crippen LogP contribution in [0.15, 0.2) is 0 Å². The molecule has 1 heteroatoms. The van der Waals surface area contributed by atoms with Gasteiger partial charge in [-0.15, -0.1) is 5.92 Å². The highest BCUT2D eigenvalue weighted by Gasteiger charge is 2.43. The minimum Gasteiger partial charge on any atom is -0.369 e. The fourth-order valence-electron chi connectivity index (χ4n) is 0.933. The van der Waals surface area contributed by atoms with Gasteiger partial charge in [-0.25, -0.2) is 0 Å². The third-order valence-corrected chi connectivity index (χ3v) is 2.34. The molecule has 0 aliphatic carbocycles. The highest BCUT2D eigenvalue weighted by atomic mass is 16.6. The number of rotatable bonds is 2. The summed E-state index contributed by atoms with van der Waals surface area (Å²) in [6.45, 7) is 9.52. The zero-order valence-corrected chi connectivity index (χ0v) is 8.48. The van der Waals surface area contributed by atoms with Crippen molar-refractivity contribution in [1.29, 1.82) is 0 Å². The zero-order valence-electron chi connectivity index (χ0n) is 8.48. The molecular weight excluding hydrogens is 148 g/mol. The first-order valence-electron chi connectivity index (χ1n) is 4.67. The van der Waals surface area contributed by atoms with Crippen LogP contribution < -0.4 is 0 Å². The summed E-state index contributed by atoms with van der Waals surface area (Å²) >= 11 is 0. The zero-order chi connectivity index (χ0) is 9.19. The van der Waals surface area contributed by atoms with Crippen LogP contribution in [0.4, 0.5) is 0 Å². The molecular formula is C11H18O. The fraction of sp³-hybridized carbons (Fsp3) is 0.818. The first-order chi connectivity index (χ1) is 5.54. The number of hydrogen-bond acceptors (Lipinski definition) is 1. The largest absolute Gasteiger partial charge is 0.369 e. The maximum atomic E-state index is 5.31. The molecule has 0 amide bonds. The van der Waals surface area contributed by atoms with Crippen molar-refractivity contribution >= 4 is 0 Å². The van der Waals surface area contributed by atoms with E-state index in [9.17, 15) is 0 Å². The third-order valence-electron chi connectivity index (χ3n) is 2.34. The molecule has 0 radical (unpaired) electrons. The van der Waals surface area contributed by atoms with Crippen molar-refractivity contribution in [2.75, 3.05) is 6.61 Å². The lowest BCUT2D eigenvalue weighted by atomic mass is 9.97. The SMILES string of the molecule is CC(C)CC#C[C@H](C)C1(C)CO1. The Labute approximate surface area is 75.5 Å². The van der Waals surface area contributed by atoms with Crippen LogP contribution in [0.2, 0.25) is 0 Å². The Morgan fingerprint density at radius 3 is 2.42 bits per heavy atom. The predicted molar refractivity (Wildman–Crippen MR) is 50.8 cm³/mol. The molecule has 0 spiro atoms. The van der Waals surface area contributed by atoms with Gasteiger partial charge in [-0.3, -0.25) is 0 Å². The molecule has 2 atom stereocenters. The lowest BCUT2D eigenvalue weighted by Gasteiger charge is -2.07. The van der Waals surface area contributed by atoms with Gasteiger partial charge in [-0.1, -0.05) is 19.8 Å². The lowest BCUT2D eigenvalue weighted by Crippen LogP contribution is -2.15. The average Bonchev–Trinajstić information content (AvgIpc) is 2.68. The molecule has 0 aromatic heterocycles. The Balaban J connectivity index is 2.33. The third kappa shape index (κ3) is 2.53. The monoisotopic (exact) mass is 166 g/mol. The topological polar surface area (TPSA) is 12.5 Å². The Bertz CT molecular complexity index is 203. The summed E-state index contributed by atoms with van der Waals surface area (Å²) in [6.07, 6.45) is 1.00. The van der Waals surface area contributed by atoms with Crippen LogP contribution in [-0.4, -0.2) is 12.2 Å². The molecule has 0 saturated carbocycles. The second-order valence-electron chi connectivity index (χ2n) is 4.24. The quantitative estimate of drug-likeness (QED) is 0.453. The van der Waals surface area contributed by atoms with Gasteiger partial charge >= 0.3 is 0 Å². The smallest absolute Gasteiger partial charge is 0.102 e. The molecule has 0 bridgehead atoms. The van der Waals surface area contributed by atoms with Gasteiger partial charge in [0.1, 0.15) is 5.60 Å². The van der Waals surface area contributed by atoms with Gasteiger partial charge in [0.2, 0.25) is 0 Å². The van der Waals surface area contributed by atoms with Crippen molar-refractivity contribution in [2.24, 2.45) is 11.8 Å². The van der Waals surface area contributed by atoms with Crippen LogP contribution in [0, 0.1) is 23.7 Å². The number of ether oxygens (including phenoxy) is 1. The molecule has 1 unspecified atom stereocenters. The summed E-state index contributed by atoms with van der Waals surface area (Å²) in [7, 11) is 0. The van der Waals surface area contributed by atoms with Gasteiger partial charge in [-0.2, -0.15) is 0 Å². The van der Waals surface area contributed by atoms with Crippen molar-refractivity contribution in [3.05, 3.63) is 0 Å². The van der Waals surface area contributed by atoms with Crippen LogP contribution in [0.1, 0.15) is 34.1 Å². The van der Waals surface area contributed by atoms with Gasteiger partial charge < -0.3 is 4.74 Å². The molecule has 1 fully saturated rings. The van der Waals surface area contributed by atoms with Crippen LogP contribution in [0.25, 0.3) is 0 Å². The van der Waals surface area contributed by atoms with E-state index >= 15 is 0 Å². The molecule has 0 N–H and O–H groups in total. The molecule has 0 aromatic rings. The Morgan fingerprint density at radius 1 is 1.42 bits per heavy atom. The van der Waals surface area contributed by atoms with Crippen LogP contribution in [0.3, 0.4) is 0 Å². The average molecular weight is 166 g/mol. The van der Waals surface area contributed by atoms with Crippen molar-refractivity contribution in [1.82, 2.24) is 0 Å². The van der Waals surface area contributed by atoms with E-state index in [1.54, 1.807) is 0 Å². The Morgan fingerprint density at radius 2 is 2.00 bits per heavy atom. The van der Waals surface area contributed by atoms with Gasteiger partial charge in [0.05, 0.1) is 6.61 Å². The molecule has 1 nitrogen and oxygen atoms in total. The Hall–Kier alpha value is -0.480. The van der Waals surface area contributed by atoms with Gasteiger partial charge in [0.25, 0.3) is 0 Å². The highest BCUT2D eigenvalue weighted by molar-refractivity contribution is 5.11. The summed E-state index contributed by atoms with van der Waals surface area (Å²) < 4.78 is 5.31. The normalized spacial score (nSPS) is 29.4. The molecule has 1 aliphatic heterocycles. The van der Waals surface area contributed by atoms with E-state index in [0.29, 0.717) is 11.8 Å². The summed E-state index contributed by atoms with van der Waals surface area (Å²) in [5, 5.41) is 0. The van der Waals surface area contributed by atoms with Gasteiger partial charge in [0.15, 0.2) is 0 Å². The summed E-state index contributed by atoms with van der Waals surface area (Å²) in [5.74, 6) is 7.51. The molecule has 1 aliphatic rings.